The van der Waals surface area contributed by atoms with Gasteiger partial charge in [-0.2, -0.15) is 0 Å². The van der Waals surface area contributed by atoms with Gasteiger partial charge in [-0.3, -0.25) is 38.9 Å². The third-order valence-corrected chi connectivity index (χ3v) is 9.39. The molecule has 9 N–H and O–H groups in total. The summed E-state index contributed by atoms with van der Waals surface area (Å²) in [4.78, 5) is 100. The van der Waals surface area contributed by atoms with E-state index in [-0.39, 0.29) is 73.9 Å². The van der Waals surface area contributed by atoms with Crippen LogP contribution in [0.3, 0.4) is 0 Å². The van der Waals surface area contributed by atoms with Crippen molar-refractivity contribution in [2.45, 2.75) is 52.0 Å². The number of hydrogen-bond donors (Lipinski definition) is 8. The lowest BCUT2D eigenvalue weighted by molar-refractivity contribution is -0.384. The topological polar surface area (TPSA) is 317 Å². The number of rotatable bonds is 19. The second kappa shape index (κ2) is 21.7. The summed E-state index contributed by atoms with van der Waals surface area (Å²) in [5.74, 6) is -6.77. The number of amides is 6. The Morgan fingerprint density at radius 3 is 1.64 bits per heavy atom. The second-order valence-electron chi connectivity index (χ2n) is 15.0. The maximum Gasteiger partial charge on any atom is 0.335 e. The molecular weight excluding hydrogens is 875 g/mol. The van der Waals surface area contributed by atoms with Crippen molar-refractivity contribution >= 4 is 69.8 Å². The average Bonchev–Trinajstić information content (AvgIpc) is 3.28. The number of carbonyl (C=O) groups excluding carboxylic acids is 6. The number of non-ortho nitro benzene ring substituents is 1. The number of carbonyl (C=O) groups is 7. The van der Waals surface area contributed by atoms with Gasteiger partial charge in [0.1, 0.15) is 11.8 Å². The molecule has 348 valence electrons. The monoisotopic (exact) mass is 919 g/mol. The predicted octanol–water partition coefficient (Wildman–Crippen LogP) is 5.57. The van der Waals surface area contributed by atoms with E-state index in [2.05, 4.69) is 26.6 Å². The van der Waals surface area contributed by atoms with Gasteiger partial charge in [-0.25, -0.2) is 4.79 Å². The van der Waals surface area contributed by atoms with E-state index in [1.165, 1.54) is 103 Å². The fourth-order valence-electron chi connectivity index (χ4n) is 6.18. The molecule has 0 bridgehead atoms. The quantitative estimate of drug-likeness (QED) is 0.0371. The first-order valence-electron chi connectivity index (χ1n) is 20.1. The summed E-state index contributed by atoms with van der Waals surface area (Å²) in [6.45, 7) is 6.77. The summed E-state index contributed by atoms with van der Waals surface area (Å²) in [6.07, 6.45) is -2.52. The number of aromatic hydroxyl groups is 1. The lowest BCUT2D eigenvalue weighted by Crippen LogP contribution is -2.56. The summed E-state index contributed by atoms with van der Waals surface area (Å²) in [5.41, 5.74) is 5.91. The Labute approximate surface area is 381 Å². The Hall–Kier alpha value is -8.85. The number of nitrogens with two attached hydrogens (primary N) is 1. The van der Waals surface area contributed by atoms with E-state index >= 15 is 0 Å². The average molecular weight is 920 g/mol. The SMILES string of the molecule is COC(C(=O)Nc1ccc(C(=O)Nc2ccc(C(=O)Nc3ccc(C(=O)O)cc3OC(C)C)c(O)c2OC(C)C)cc1)C(NC(=O)c1ccc(NC(=O)c2ccc([N+](=O)[O-])cc2)cc1)C(N)=O. The van der Waals surface area contributed by atoms with Gasteiger partial charge in [0.05, 0.1) is 39.6 Å². The maximum atomic E-state index is 13.4. The van der Waals surface area contributed by atoms with Crippen molar-refractivity contribution in [1.29, 1.82) is 0 Å². The highest BCUT2D eigenvalue weighted by Gasteiger charge is 2.34. The number of phenolic OH excluding ortho intramolecular Hbond substituents is 1. The van der Waals surface area contributed by atoms with Crippen molar-refractivity contribution in [2.75, 3.05) is 28.4 Å². The molecule has 0 spiro atoms. The molecule has 0 saturated carbocycles. The number of nitrogens with one attached hydrogen (secondary N) is 5. The van der Waals surface area contributed by atoms with Gasteiger partial charge in [0, 0.05) is 47.3 Å². The van der Waals surface area contributed by atoms with Crippen LogP contribution >= 0.6 is 0 Å². The van der Waals surface area contributed by atoms with Crippen LogP contribution in [0.2, 0.25) is 0 Å². The molecule has 0 aromatic heterocycles. The first-order valence-corrected chi connectivity index (χ1v) is 20.1. The molecule has 0 aliphatic heterocycles. The summed E-state index contributed by atoms with van der Waals surface area (Å²) < 4.78 is 16.8. The summed E-state index contributed by atoms with van der Waals surface area (Å²) in [5, 5.41) is 44.4. The zero-order chi connectivity index (χ0) is 49.1. The van der Waals surface area contributed by atoms with Gasteiger partial charge >= 0.3 is 5.97 Å². The Morgan fingerprint density at radius 1 is 0.627 bits per heavy atom. The summed E-state index contributed by atoms with van der Waals surface area (Å²) in [6, 6.07) is 20.7. The van der Waals surface area contributed by atoms with Gasteiger partial charge in [-0.05, 0) is 119 Å². The predicted molar refractivity (Wildman–Crippen MR) is 243 cm³/mol. The molecule has 0 heterocycles. The fraction of sp³-hybridized carbons (Fsp3) is 0.196. The number of nitro benzene ring substituents is 1. The van der Waals surface area contributed by atoms with Crippen LogP contribution < -0.4 is 41.8 Å². The molecule has 21 heteroatoms. The van der Waals surface area contributed by atoms with E-state index in [4.69, 9.17) is 19.9 Å². The number of nitrogens with zero attached hydrogens (tertiary/aromatic N) is 1. The number of phenols is 1. The Morgan fingerprint density at radius 2 is 1.12 bits per heavy atom. The molecule has 0 saturated heterocycles. The number of hydrogen-bond acceptors (Lipinski definition) is 13. The highest BCUT2D eigenvalue weighted by molar-refractivity contribution is 6.10. The van der Waals surface area contributed by atoms with Crippen molar-refractivity contribution in [3.63, 3.8) is 0 Å². The fourth-order valence-corrected chi connectivity index (χ4v) is 6.18. The number of methoxy groups -OCH3 is 1. The smallest absolute Gasteiger partial charge is 0.335 e. The molecule has 0 aliphatic carbocycles. The molecule has 5 aromatic carbocycles. The number of carboxylic acids is 1. The highest BCUT2D eigenvalue weighted by Crippen LogP contribution is 2.39. The molecule has 2 unspecified atom stereocenters. The lowest BCUT2D eigenvalue weighted by atomic mass is 10.1. The molecule has 2 atom stereocenters. The molecule has 5 rings (SSSR count). The molecule has 0 radical (unpaired) electrons. The van der Waals surface area contributed by atoms with Crippen molar-refractivity contribution < 1.29 is 62.9 Å². The number of carboxylic acid groups (broad SMARTS) is 1. The van der Waals surface area contributed by atoms with Crippen LogP contribution in [0.4, 0.5) is 28.4 Å². The highest BCUT2D eigenvalue weighted by atomic mass is 16.6. The number of ether oxygens (including phenoxy) is 3. The van der Waals surface area contributed by atoms with Crippen LogP contribution in [0, 0.1) is 10.1 Å². The van der Waals surface area contributed by atoms with Gasteiger partial charge in [-0.15, -0.1) is 0 Å². The number of nitro groups is 1. The summed E-state index contributed by atoms with van der Waals surface area (Å²) in [7, 11) is 1.12. The zero-order valence-electron chi connectivity index (χ0n) is 36.4. The van der Waals surface area contributed by atoms with E-state index in [0.717, 1.165) is 7.11 Å². The van der Waals surface area contributed by atoms with E-state index in [9.17, 15) is 53.9 Å². The largest absolute Gasteiger partial charge is 0.504 e. The van der Waals surface area contributed by atoms with Crippen LogP contribution in [0.1, 0.15) is 79.5 Å². The van der Waals surface area contributed by atoms with Crippen LogP contribution in [-0.2, 0) is 14.3 Å². The lowest BCUT2D eigenvalue weighted by Gasteiger charge is -2.24. The molecule has 21 nitrogen and oxygen atoms in total. The Balaban J connectivity index is 1.23. The molecule has 5 aromatic rings. The number of primary amides is 1. The number of aromatic carboxylic acids is 1. The molecule has 67 heavy (non-hydrogen) atoms. The third-order valence-electron chi connectivity index (χ3n) is 9.39. The minimum absolute atomic E-state index is 0.00430. The minimum atomic E-state index is -1.66. The van der Waals surface area contributed by atoms with Crippen LogP contribution in [0.25, 0.3) is 0 Å². The second-order valence-corrected chi connectivity index (χ2v) is 15.0. The van der Waals surface area contributed by atoms with Crippen molar-refractivity contribution in [2.24, 2.45) is 5.73 Å². The normalized spacial score (nSPS) is 11.7. The van der Waals surface area contributed by atoms with Crippen molar-refractivity contribution in [3.05, 3.63) is 141 Å². The third kappa shape index (κ3) is 12.7. The van der Waals surface area contributed by atoms with Gasteiger partial charge in [0.2, 0.25) is 5.91 Å². The van der Waals surface area contributed by atoms with E-state index in [1.807, 2.05) is 0 Å². The zero-order valence-corrected chi connectivity index (χ0v) is 36.4. The first-order chi connectivity index (χ1) is 31.8. The van der Waals surface area contributed by atoms with Crippen molar-refractivity contribution in [1.82, 2.24) is 5.32 Å². The molecule has 6 amide bonds. The number of anilines is 4. The number of benzene rings is 5. The van der Waals surface area contributed by atoms with Gasteiger partial charge in [0.25, 0.3) is 35.2 Å². The van der Waals surface area contributed by atoms with E-state index in [0.29, 0.717) is 0 Å². The van der Waals surface area contributed by atoms with E-state index in [1.54, 1.807) is 27.7 Å². The molecule has 0 fully saturated rings. The van der Waals surface area contributed by atoms with Crippen LogP contribution in [0.5, 0.6) is 17.2 Å². The summed E-state index contributed by atoms with van der Waals surface area (Å²) >= 11 is 0. The first kappa shape index (κ1) is 49.2. The Bertz CT molecular complexity index is 2710. The van der Waals surface area contributed by atoms with Gasteiger partial charge in [0.15, 0.2) is 17.6 Å². The molecule has 0 aliphatic rings. The van der Waals surface area contributed by atoms with Crippen molar-refractivity contribution in [3.8, 4) is 17.2 Å². The van der Waals surface area contributed by atoms with E-state index < -0.39 is 70.3 Å². The van der Waals surface area contributed by atoms with Gasteiger partial charge in [-0.1, -0.05) is 0 Å². The maximum absolute atomic E-state index is 13.4. The van der Waals surface area contributed by atoms with Gasteiger partial charge < -0.3 is 56.7 Å². The molecular formula is C46H45N7O14. The Kier molecular flexibility index (Phi) is 15.9. The minimum Gasteiger partial charge on any atom is -0.504 e. The van der Waals surface area contributed by atoms with Crippen LogP contribution in [-0.4, -0.2) is 88.0 Å². The standard InChI is InChI=1S/C46H45N7O14/c1-23(2)66-35-22-28(46(61)62)12-20-33(35)50-44(59)32-19-21-34(38(37(32)54)67-24(3)4)51-42(57)25-6-15-30(16-7-25)49-45(60)39(65-5)36(40(47)55)52-43(58)26-8-13-29(14-9-26)48-41(56)27-10-17-31(18-11-27)53(63)64/h6-24,36,39,54H,1-5H3,(H2,47,55)(H,48,56)(H,49,60)(H,50,59)(H,51,57)(H,52,58)(H,61,62). The van der Waals surface area contributed by atoms with Crippen LogP contribution in [0.15, 0.2) is 103 Å².